The highest BCUT2D eigenvalue weighted by atomic mass is 19.1. The molecule has 2 aromatic rings. The third-order valence-electron chi connectivity index (χ3n) is 4.52. The van der Waals surface area contributed by atoms with Gasteiger partial charge in [-0.25, -0.2) is 13.6 Å². The number of amides is 1. The molecule has 0 aromatic heterocycles. The Labute approximate surface area is 155 Å². The second-order valence-electron chi connectivity index (χ2n) is 6.30. The van der Waals surface area contributed by atoms with E-state index in [4.69, 9.17) is 4.74 Å². The maximum atomic E-state index is 13.5. The lowest BCUT2D eigenvalue weighted by atomic mass is 9.92. The number of hydrogen-bond donors (Lipinski definition) is 1. The monoisotopic (exact) mass is 375 g/mol. The minimum Gasteiger partial charge on any atom is -0.491 e. The van der Waals surface area contributed by atoms with Crippen LogP contribution < -0.4 is 4.74 Å². The van der Waals surface area contributed by atoms with Gasteiger partial charge in [-0.1, -0.05) is 24.3 Å². The van der Waals surface area contributed by atoms with E-state index in [-0.39, 0.29) is 24.7 Å². The van der Waals surface area contributed by atoms with E-state index in [1.54, 1.807) is 12.1 Å². The van der Waals surface area contributed by atoms with Crippen LogP contribution in [0.5, 0.6) is 5.75 Å². The van der Waals surface area contributed by atoms with Gasteiger partial charge in [0.2, 0.25) is 5.91 Å². The van der Waals surface area contributed by atoms with Crippen molar-refractivity contribution in [1.29, 1.82) is 0 Å². The first kappa shape index (κ1) is 18.8. The Bertz CT molecular complexity index is 856. The van der Waals surface area contributed by atoms with Crippen LogP contribution in [0.1, 0.15) is 30.0 Å². The second kappa shape index (κ2) is 8.16. The van der Waals surface area contributed by atoms with E-state index in [2.05, 4.69) is 0 Å². The van der Waals surface area contributed by atoms with Crippen molar-refractivity contribution in [3.8, 4) is 5.75 Å². The summed E-state index contributed by atoms with van der Waals surface area (Å²) in [5.74, 6) is -2.94. The van der Waals surface area contributed by atoms with E-state index in [1.807, 2.05) is 12.1 Å². The molecule has 1 aliphatic rings. The van der Waals surface area contributed by atoms with Gasteiger partial charge in [0.05, 0.1) is 6.61 Å². The molecular formula is C20H19F2NO4. The smallest absolute Gasteiger partial charge is 0.331 e. The molecule has 0 spiro atoms. The topological polar surface area (TPSA) is 66.8 Å². The molecule has 142 valence electrons. The highest BCUT2D eigenvalue weighted by molar-refractivity contribution is 5.85. The fourth-order valence-electron chi connectivity index (χ4n) is 3.24. The molecule has 1 unspecified atom stereocenters. The van der Waals surface area contributed by atoms with Crippen molar-refractivity contribution < 1.29 is 28.2 Å². The third kappa shape index (κ3) is 4.24. The molecule has 1 aliphatic heterocycles. The van der Waals surface area contributed by atoms with Gasteiger partial charge >= 0.3 is 5.97 Å². The van der Waals surface area contributed by atoms with Crippen LogP contribution in [0.3, 0.4) is 0 Å². The second-order valence-corrected chi connectivity index (χ2v) is 6.30. The first-order valence-corrected chi connectivity index (χ1v) is 8.65. The predicted molar refractivity (Wildman–Crippen MR) is 93.3 cm³/mol. The number of carbonyl (C=O) groups excluding carboxylic acids is 1. The van der Waals surface area contributed by atoms with Crippen LogP contribution in [-0.4, -0.2) is 35.0 Å². The number of ether oxygens (including phenoxy) is 1. The molecule has 27 heavy (non-hydrogen) atoms. The minimum absolute atomic E-state index is 0.0659. The van der Waals surface area contributed by atoms with Crippen molar-refractivity contribution in [2.24, 2.45) is 0 Å². The molecule has 0 aliphatic carbocycles. The SMILES string of the molecule is O=C(O)C1c2ccccc2CCN1C(=O)CCCOc1ccc(F)cc1F. The molecule has 5 nitrogen and oxygen atoms in total. The van der Waals surface area contributed by atoms with Gasteiger partial charge in [0.15, 0.2) is 17.6 Å². The Balaban J connectivity index is 1.58. The number of carboxylic acids is 1. The number of fused-ring (bicyclic) bond motifs is 1. The summed E-state index contributed by atoms with van der Waals surface area (Å²) in [6, 6.07) is 9.21. The van der Waals surface area contributed by atoms with E-state index in [9.17, 15) is 23.5 Å². The van der Waals surface area contributed by atoms with Crippen LogP contribution in [0.25, 0.3) is 0 Å². The molecule has 2 aromatic carbocycles. The normalized spacial score (nSPS) is 15.9. The van der Waals surface area contributed by atoms with Crippen molar-refractivity contribution >= 4 is 11.9 Å². The van der Waals surface area contributed by atoms with Crippen LogP contribution in [0.15, 0.2) is 42.5 Å². The van der Waals surface area contributed by atoms with Crippen molar-refractivity contribution in [1.82, 2.24) is 4.90 Å². The van der Waals surface area contributed by atoms with Gasteiger partial charge in [-0.15, -0.1) is 0 Å². The van der Waals surface area contributed by atoms with E-state index >= 15 is 0 Å². The molecule has 1 atom stereocenters. The molecule has 0 radical (unpaired) electrons. The Kier molecular flexibility index (Phi) is 5.69. The first-order valence-electron chi connectivity index (χ1n) is 8.65. The number of rotatable bonds is 6. The molecule has 0 saturated carbocycles. The van der Waals surface area contributed by atoms with Crippen molar-refractivity contribution in [3.05, 3.63) is 65.2 Å². The summed E-state index contributed by atoms with van der Waals surface area (Å²) in [4.78, 5) is 25.6. The molecule has 3 rings (SSSR count). The summed E-state index contributed by atoms with van der Waals surface area (Å²) in [5.41, 5.74) is 1.57. The number of benzene rings is 2. The van der Waals surface area contributed by atoms with Crippen molar-refractivity contribution in [3.63, 3.8) is 0 Å². The maximum absolute atomic E-state index is 13.5. The van der Waals surface area contributed by atoms with E-state index < -0.39 is 23.6 Å². The standard InChI is InChI=1S/C20H19F2NO4/c21-14-7-8-17(16(22)12-14)27-11-3-6-18(24)23-10-9-13-4-1-2-5-15(13)19(23)20(25)26/h1-2,4-5,7-8,12,19H,3,6,9-11H2,(H,25,26). The lowest BCUT2D eigenvalue weighted by molar-refractivity contribution is -0.151. The molecule has 1 heterocycles. The first-order chi connectivity index (χ1) is 13.0. The van der Waals surface area contributed by atoms with Crippen LogP contribution in [0, 0.1) is 11.6 Å². The fraction of sp³-hybridized carbons (Fsp3) is 0.300. The van der Waals surface area contributed by atoms with Gasteiger partial charge in [-0.3, -0.25) is 4.79 Å². The number of aliphatic carboxylic acids is 1. The molecule has 7 heteroatoms. The van der Waals surface area contributed by atoms with E-state index in [1.165, 1.54) is 11.0 Å². The zero-order chi connectivity index (χ0) is 19.4. The molecule has 0 saturated heterocycles. The molecule has 0 bridgehead atoms. The van der Waals surface area contributed by atoms with E-state index in [0.29, 0.717) is 24.9 Å². The lowest BCUT2D eigenvalue weighted by Gasteiger charge is -2.34. The third-order valence-corrected chi connectivity index (χ3v) is 4.52. The van der Waals surface area contributed by atoms with Crippen LogP contribution in [-0.2, 0) is 16.0 Å². The largest absolute Gasteiger partial charge is 0.491 e. The zero-order valence-corrected chi connectivity index (χ0v) is 14.5. The number of halogens is 2. The lowest BCUT2D eigenvalue weighted by Crippen LogP contribution is -2.43. The molecule has 1 amide bonds. The highest BCUT2D eigenvalue weighted by Gasteiger charge is 2.35. The quantitative estimate of drug-likeness (QED) is 0.787. The highest BCUT2D eigenvalue weighted by Crippen LogP contribution is 2.30. The summed E-state index contributed by atoms with van der Waals surface area (Å²) < 4.78 is 31.6. The Morgan fingerprint density at radius 1 is 1.19 bits per heavy atom. The molecule has 0 fully saturated rings. The summed E-state index contributed by atoms with van der Waals surface area (Å²) in [6.07, 6.45) is 0.970. The van der Waals surface area contributed by atoms with Gasteiger partial charge in [0.1, 0.15) is 5.82 Å². The van der Waals surface area contributed by atoms with Gasteiger partial charge in [-0.05, 0) is 36.1 Å². The van der Waals surface area contributed by atoms with Gasteiger partial charge in [0, 0.05) is 19.0 Å². The molecule has 1 N–H and O–H groups in total. The number of carboxylic acid groups (broad SMARTS) is 1. The number of hydrogen-bond acceptors (Lipinski definition) is 3. The maximum Gasteiger partial charge on any atom is 0.331 e. The molecular weight excluding hydrogens is 356 g/mol. The summed E-state index contributed by atoms with van der Waals surface area (Å²) in [7, 11) is 0. The minimum atomic E-state index is -1.07. The van der Waals surface area contributed by atoms with E-state index in [0.717, 1.165) is 17.7 Å². The van der Waals surface area contributed by atoms with Crippen molar-refractivity contribution in [2.75, 3.05) is 13.2 Å². The Hall–Kier alpha value is -2.96. The summed E-state index contributed by atoms with van der Waals surface area (Å²) >= 11 is 0. The van der Waals surface area contributed by atoms with Crippen LogP contribution >= 0.6 is 0 Å². The number of carbonyl (C=O) groups is 2. The summed E-state index contributed by atoms with van der Waals surface area (Å²) in [6.45, 7) is 0.400. The average Bonchev–Trinajstić information content (AvgIpc) is 2.65. The summed E-state index contributed by atoms with van der Waals surface area (Å²) in [5, 5.41) is 9.59. The zero-order valence-electron chi connectivity index (χ0n) is 14.5. The predicted octanol–water partition coefficient (Wildman–Crippen LogP) is 3.33. The fourth-order valence-corrected chi connectivity index (χ4v) is 3.24. The van der Waals surface area contributed by atoms with Crippen LogP contribution in [0.4, 0.5) is 8.78 Å². The van der Waals surface area contributed by atoms with Gasteiger partial charge in [-0.2, -0.15) is 0 Å². The van der Waals surface area contributed by atoms with Gasteiger partial charge < -0.3 is 14.7 Å². The Morgan fingerprint density at radius 2 is 1.96 bits per heavy atom. The van der Waals surface area contributed by atoms with Crippen LogP contribution in [0.2, 0.25) is 0 Å². The van der Waals surface area contributed by atoms with Gasteiger partial charge in [0.25, 0.3) is 0 Å². The Morgan fingerprint density at radius 3 is 2.70 bits per heavy atom. The number of nitrogens with zero attached hydrogens (tertiary/aromatic N) is 1. The average molecular weight is 375 g/mol. The van der Waals surface area contributed by atoms with Crippen molar-refractivity contribution in [2.45, 2.75) is 25.3 Å².